The summed E-state index contributed by atoms with van der Waals surface area (Å²) in [5, 5.41) is 3.02. The summed E-state index contributed by atoms with van der Waals surface area (Å²) in [6.45, 7) is 0. The smallest absolute Gasteiger partial charge is 0.395 e. The van der Waals surface area contributed by atoms with E-state index >= 15 is 0 Å². The minimum atomic E-state index is -4.73. The van der Waals surface area contributed by atoms with Gasteiger partial charge in [0.2, 0.25) is 0 Å². The summed E-state index contributed by atoms with van der Waals surface area (Å²) in [6.07, 6.45) is -2.59. The molecular weight excluding hydrogens is 400 g/mol. The number of nitrogens with two attached hydrogens (primary N) is 1. The molecule has 0 bridgehead atoms. The number of carbonyl (C=O) groups is 1. The van der Waals surface area contributed by atoms with Gasteiger partial charge in [-0.3, -0.25) is 14.8 Å². The predicted molar refractivity (Wildman–Crippen MR) is 106 cm³/mol. The third-order valence-electron chi connectivity index (χ3n) is 4.23. The first-order valence-electron chi connectivity index (χ1n) is 8.65. The van der Waals surface area contributed by atoms with Crippen LogP contribution in [0.15, 0.2) is 71.5 Å². The molecule has 0 radical (unpaired) electrons. The normalized spacial score (nSPS) is 12.8. The summed E-state index contributed by atoms with van der Waals surface area (Å²) in [7, 11) is 1.23. The van der Waals surface area contributed by atoms with E-state index in [4.69, 9.17) is 5.73 Å². The van der Waals surface area contributed by atoms with Gasteiger partial charge in [0.05, 0.1) is 5.52 Å². The van der Waals surface area contributed by atoms with Gasteiger partial charge in [-0.1, -0.05) is 18.2 Å². The van der Waals surface area contributed by atoms with Crippen LogP contribution in [0.5, 0.6) is 0 Å². The molecule has 1 amide bonds. The van der Waals surface area contributed by atoms with Crippen LogP contribution in [0.1, 0.15) is 10.4 Å². The molecule has 3 N–H and O–H groups in total. The Bertz CT molecular complexity index is 1150. The van der Waals surface area contributed by atoms with Crippen LogP contribution < -0.4 is 11.1 Å². The number of halogens is 4. The van der Waals surface area contributed by atoms with Gasteiger partial charge in [-0.05, 0) is 35.9 Å². The summed E-state index contributed by atoms with van der Waals surface area (Å²) in [5.74, 6) is -1.33. The number of pyridine rings is 1. The van der Waals surface area contributed by atoms with E-state index in [1.165, 1.54) is 31.3 Å². The maximum atomic E-state index is 13.1. The van der Waals surface area contributed by atoms with Gasteiger partial charge in [0.25, 0.3) is 5.91 Å². The third-order valence-corrected chi connectivity index (χ3v) is 4.23. The lowest BCUT2D eigenvalue weighted by Crippen LogP contribution is -2.31. The molecule has 0 aliphatic carbocycles. The number of nitrogens with one attached hydrogen (secondary N) is 1. The Morgan fingerprint density at radius 1 is 1.10 bits per heavy atom. The number of nitrogens with zero attached hydrogens (tertiary/aromatic N) is 2. The average Bonchev–Trinajstić information content (AvgIpc) is 2.72. The lowest BCUT2D eigenvalue weighted by atomic mass is 10.0. The van der Waals surface area contributed by atoms with Gasteiger partial charge in [-0.15, -0.1) is 0 Å². The van der Waals surface area contributed by atoms with E-state index in [1.807, 2.05) is 6.07 Å². The van der Waals surface area contributed by atoms with Gasteiger partial charge >= 0.3 is 6.18 Å². The number of amidine groups is 1. The van der Waals surface area contributed by atoms with Gasteiger partial charge in [0.15, 0.2) is 0 Å². The standard InChI is InChI=1S/C21H16F4N4O/c1-27-19(10-18(26)21(23,24)25)29-20(30)14-3-2-13-8-15(11-28-17(13)9-14)12-4-6-16(22)7-5-12/h2-11H,26H2,1H3,(H,27,29,30)/b18-10-. The predicted octanol–water partition coefficient (Wildman–Crippen LogP) is 4.20. The van der Waals surface area contributed by atoms with Crippen LogP contribution in [-0.2, 0) is 0 Å². The van der Waals surface area contributed by atoms with Crippen molar-refractivity contribution in [2.24, 2.45) is 10.7 Å². The second-order valence-corrected chi connectivity index (χ2v) is 6.30. The molecule has 0 spiro atoms. The molecular formula is C21H16F4N4O. The number of hydrogen-bond acceptors (Lipinski definition) is 4. The molecule has 0 saturated heterocycles. The molecule has 5 nitrogen and oxygen atoms in total. The number of benzene rings is 2. The van der Waals surface area contributed by atoms with Crippen LogP contribution in [0.4, 0.5) is 17.6 Å². The van der Waals surface area contributed by atoms with E-state index in [9.17, 15) is 22.4 Å². The molecule has 0 fully saturated rings. The van der Waals surface area contributed by atoms with Crippen LogP contribution in [0.2, 0.25) is 0 Å². The summed E-state index contributed by atoms with van der Waals surface area (Å²) in [6, 6.07) is 12.5. The first-order chi connectivity index (χ1) is 14.2. The van der Waals surface area contributed by atoms with Gasteiger partial charge in [-0.25, -0.2) is 4.39 Å². The van der Waals surface area contributed by atoms with E-state index < -0.39 is 17.8 Å². The Morgan fingerprint density at radius 3 is 2.43 bits per heavy atom. The molecule has 154 valence electrons. The van der Waals surface area contributed by atoms with E-state index in [0.717, 1.165) is 16.5 Å². The summed E-state index contributed by atoms with van der Waals surface area (Å²) in [5.41, 5.74) is 5.83. The zero-order valence-corrected chi connectivity index (χ0v) is 15.7. The molecule has 0 aliphatic rings. The Hall–Kier alpha value is -3.75. The first-order valence-corrected chi connectivity index (χ1v) is 8.65. The Labute approximate surface area is 168 Å². The average molecular weight is 416 g/mol. The monoisotopic (exact) mass is 416 g/mol. The van der Waals surface area contributed by atoms with Crippen molar-refractivity contribution in [2.45, 2.75) is 6.18 Å². The maximum absolute atomic E-state index is 13.1. The molecule has 2 aromatic carbocycles. The van der Waals surface area contributed by atoms with Crippen molar-refractivity contribution in [3.05, 3.63) is 77.9 Å². The summed E-state index contributed by atoms with van der Waals surface area (Å²) >= 11 is 0. The molecule has 30 heavy (non-hydrogen) atoms. The van der Waals surface area contributed by atoms with Crippen LogP contribution in [-0.4, -0.2) is 30.0 Å². The van der Waals surface area contributed by atoms with E-state index in [2.05, 4.69) is 15.3 Å². The topological polar surface area (TPSA) is 80.4 Å². The second kappa shape index (κ2) is 8.32. The van der Waals surface area contributed by atoms with E-state index in [-0.39, 0.29) is 17.2 Å². The highest BCUT2D eigenvalue weighted by atomic mass is 19.4. The molecule has 3 rings (SSSR count). The minimum Gasteiger partial charge on any atom is -0.395 e. The number of amides is 1. The van der Waals surface area contributed by atoms with Crippen molar-refractivity contribution in [1.29, 1.82) is 0 Å². The van der Waals surface area contributed by atoms with Crippen molar-refractivity contribution < 1.29 is 22.4 Å². The molecule has 0 saturated carbocycles. The number of allylic oxidation sites excluding steroid dienone is 1. The van der Waals surface area contributed by atoms with Crippen molar-refractivity contribution in [3.8, 4) is 11.1 Å². The molecule has 0 unspecified atom stereocenters. The van der Waals surface area contributed by atoms with Crippen molar-refractivity contribution >= 4 is 22.6 Å². The number of alkyl halides is 3. The lowest BCUT2D eigenvalue weighted by Gasteiger charge is -2.09. The SMILES string of the molecule is CN=C(/C=C(\N)C(F)(F)F)NC(=O)c1ccc2cc(-c3ccc(F)cc3)cnc2c1. The van der Waals surface area contributed by atoms with Crippen molar-refractivity contribution in [1.82, 2.24) is 10.3 Å². The van der Waals surface area contributed by atoms with Gasteiger partial charge in [0, 0.05) is 35.8 Å². The molecule has 1 heterocycles. The quantitative estimate of drug-likeness (QED) is 0.381. The number of aromatic nitrogens is 1. The number of aliphatic imine (C=N–C) groups is 1. The van der Waals surface area contributed by atoms with Crippen molar-refractivity contribution in [2.75, 3.05) is 7.05 Å². The van der Waals surface area contributed by atoms with Crippen LogP contribution in [0.3, 0.4) is 0 Å². The van der Waals surface area contributed by atoms with Crippen molar-refractivity contribution in [3.63, 3.8) is 0 Å². The molecule has 0 aliphatic heterocycles. The number of fused-ring (bicyclic) bond motifs is 1. The number of rotatable bonds is 3. The van der Waals surface area contributed by atoms with E-state index in [1.54, 1.807) is 24.4 Å². The Balaban J connectivity index is 1.83. The fourth-order valence-electron chi connectivity index (χ4n) is 2.64. The summed E-state index contributed by atoms with van der Waals surface area (Å²) in [4.78, 5) is 20.3. The van der Waals surface area contributed by atoms with Crippen LogP contribution in [0, 0.1) is 5.82 Å². The highest BCUT2D eigenvalue weighted by Gasteiger charge is 2.31. The number of hydrogen-bond donors (Lipinski definition) is 2. The first kappa shape index (κ1) is 21.0. The van der Waals surface area contributed by atoms with Gasteiger partial charge in [-0.2, -0.15) is 13.2 Å². The zero-order valence-electron chi connectivity index (χ0n) is 15.7. The van der Waals surface area contributed by atoms with Gasteiger partial charge in [0.1, 0.15) is 17.3 Å². The maximum Gasteiger partial charge on any atom is 0.430 e. The highest BCUT2D eigenvalue weighted by molar-refractivity contribution is 6.11. The largest absolute Gasteiger partial charge is 0.430 e. The second-order valence-electron chi connectivity index (χ2n) is 6.30. The number of carbonyl (C=O) groups excluding carboxylic acids is 1. The van der Waals surface area contributed by atoms with Crippen LogP contribution >= 0.6 is 0 Å². The minimum absolute atomic E-state index is 0.185. The fraction of sp³-hybridized carbons (Fsp3) is 0.0952. The Morgan fingerprint density at radius 2 is 1.80 bits per heavy atom. The lowest BCUT2D eigenvalue weighted by molar-refractivity contribution is -0.0925. The summed E-state index contributed by atoms with van der Waals surface area (Å²) < 4.78 is 50.8. The van der Waals surface area contributed by atoms with Gasteiger partial charge < -0.3 is 11.1 Å². The molecule has 3 aromatic rings. The molecule has 9 heteroatoms. The Kier molecular flexibility index (Phi) is 5.81. The van der Waals surface area contributed by atoms with Crippen LogP contribution in [0.25, 0.3) is 22.0 Å². The zero-order chi connectivity index (χ0) is 21.9. The van der Waals surface area contributed by atoms with E-state index in [0.29, 0.717) is 11.6 Å². The third kappa shape index (κ3) is 4.80. The highest BCUT2D eigenvalue weighted by Crippen LogP contribution is 2.24. The fourth-order valence-corrected chi connectivity index (χ4v) is 2.64. The molecule has 0 atom stereocenters. The molecule has 1 aromatic heterocycles.